The van der Waals surface area contributed by atoms with Crippen LogP contribution in [0.1, 0.15) is 23.2 Å². The van der Waals surface area contributed by atoms with E-state index in [1.165, 1.54) is 12.8 Å². The number of aromatic nitrogens is 1. The molecule has 0 saturated heterocycles. The zero-order valence-electron chi connectivity index (χ0n) is 10.7. The summed E-state index contributed by atoms with van der Waals surface area (Å²) < 4.78 is 0. The number of amides is 1. The van der Waals surface area contributed by atoms with Gasteiger partial charge in [0.15, 0.2) is 0 Å². The third kappa shape index (κ3) is 2.48. The number of nitrogens with one attached hydrogen (secondary N) is 1. The fourth-order valence-electron chi connectivity index (χ4n) is 2.31. The maximum atomic E-state index is 12.5. The molecule has 1 saturated carbocycles. The number of hydrogen-bond acceptors (Lipinski definition) is 1. The zero-order valence-corrected chi connectivity index (χ0v) is 10.7. The van der Waals surface area contributed by atoms with Crippen LogP contribution in [0.5, 0.6) is 0 Å². The highest BCUT2D eigenvalue weighted by Crippen LogP contribution is 2.30. The van der Waals surface area contributed by atoms with E-state index in [9.17, 15) is 4.79 Å². The van der Waals surface area contributed by atoms with Gasteiger partial charge in [-0.3, -0.25) is 4.79 Å². The molecule has 2 aromatic rings. The summed E-state index contributed by atoms with van der Waals surface area (Å²) >= 11 is 0. The summed E-state index contributed by atoms with van der Waals surface area (Å²) in [5.74, 6) is 3.26. The van der Waals surface area contributed by atoms with Crippen LogP contribution in [0, 0.1) is 18.3 Å². The summed E-state index contributed by atoms with van der Waals surface area (Å²) in [5, 5.41) is 1.11. The molecule has 1 heterocycles. The summed E-state index contributed by atoms with van der Waals surface area (Å²) in [6, 6.07) is 7.72. The first-order valence-electron chi connectivity index (χ1n) is 6.58. The average molecular weight is 252 g/mol. The number of rotatable bonds is 4. The van der Waals surface area contributed by atoms with Crippen LogP contribution in [0.3, 0.4) is 0 Å². The van der Waals surface area contributed by atoms with Crippen molar-refractivity contribution in [2.24, 2.45) is 5.92 Å². The summed E-state index contributed by atoms with van der Waals surface area (Å²) in [7, 11) is 0. The predicted octanol–water partition coefficient (Wildman–Crippen LogP) is 2.65. The van der Waals surface area contributed by atoms with Crippen LogP contribution < -0.4 is 0 Å². The maximum Gasteiger partial charge on any atom is 0.254 e. The van der Waals surface area contributed by atoms with Crippen molar-refractivity contribution in [3.05, 3.63) is 36.0 Å². The third-order valence-corrected chi connectivity index (χ3v) is 3.55. The number of benzene rings is 1. The first-order chi connectivity index (χ1) is 9.28. The molecule has 1 aromatic heterocycles. The molecule has 0 unspecified atom stereocenters. The van der Waals surface area contributed by atoms with Gasteiger partial charge in [-0.25, -0.2) is 0 Å². The van der Waals surface area contributed by atoms with Crippen molar-refractivity contribution in [1.82, 2.24) is 9.88 Å². The number of carbonyl (C=O) groups is 1. The Morgan fingerprint density at radius 2 is 2.26 bits per heavy atom. The highest BCUT2D eigenvalue weighted by Gasteiger charge is 2.26. The van der Waals surface area contributed by atoms with E-state index in [-0.39, 0.29) is 5.91 Å². The molecule has 0 aliphatic heterocycles. The van der Waals surface area contributed by atoms with Crippen molar-refractivity contribution >= 4 is 16.8 Å². The number of H-pyrrole nitrogens is 1. The second-order valence-electron chi connectivity index (χ2n) is 5.11. The highest BCUT2D eigenvalue weighted by molar-refractivity contribution is 5.98. The summed E-state index contributed by atoms with van der Waals surface area (Å²) in [6.45, 7) is 1.17. The van der Waals surface area contributed by atoms with Gasteiger partial charge in [0, 0.05) is 23.8 Å². The first kappa shape index (κ1) is 11.9. The molecule has 0 bridgehead atoms. The molecule has 3 rings (SSSR count). The van der Waals surface area contributed by atoms with Crippen molar-refractivity contribution in [2.75, 3.05) is 13.1 Å². The van der Waals surface area contributed by atoms with Gasteiger partial charge in [-0.1, -0.05) is 12.0 Å². The Kier molecular flexibility index (Phi) is 3.00. The van der Waals surface area contributed by atoms with Crippen LogP contribution in [-0.4, -0.2) is 28.9 Å². The van der Waals surface area contributed by atoms with Gasteiger partial charge < -0.3 is 9.88 Å². The number of terminal acetylenes is 1. The Morgan fingerprint density at radius 1 is 1.42 bits per heavy atom. The molecular formula is C16H16N2O. The largest absolute Gasteiger partial charge is 0.361 e. The normalized spacial score (nSPS) is 14.3. The number of hydrogen-bond donors (Lipinski definition) is 1. The molecule has 19 heavy (non-hydrogen) atoms. The Morgan fingerprint density at radius 3 is 3.00 bits per heavy atom. The lowest BCUT2D eigenvalue weighted by Crippen LogP contribution is -2.33. The van der Waals surface area contributed by atoms with Crippen LogP contribution >= 0.6 is 0 Å². The molecule has 0 atom stereocenters. The molecule has 96 valence electrons. The molecule has 3 nitrogen and oxygen atoms in total. The Bertz CT molecular complexity index is 646. The van der Waals surface area contributed by atoms with Crippen molar-refractivity contribution in [3.8, 4) is 12.3 Å². The molecule has 1 N–H and O–H groups in total. The smallest absolute Gasteiger partial charge is 0.254 e. The minimum absolute atomic E-state index is 0.0290. The second-order valence-corrected chi connectivity index (χ2v) is 5.11. The van der Waals surface area contributed by atoms with E-state index in [4.69, 9.17) is 6.42 Å². The third-order valence-electron chi connectivity index (χ3n) is 3.55. The molecule has 0 spiro atoms. The quantitative estimate of drug-likeness (QED) is 0.834. The van der Waals surface area contributed by atoms with Gasteiger partial charge in [0.2, 0.25) is 0 Å². The van der Waals surface area contributed by atoms with Crippen LogP contribution in [0.4, 0.5) is 0 Å². The fraction of sp³-hybridized carbons (Fsp3) is 0.312. The van der Waals surface area contributed by atoms with E-state index in [1.54, 1.807) is 4.90 Å². The van der Waals surface area contributed by atoms with Gasteiger partial charge in [0.05, 0.1) is 6.54 Å². The van der Waals surface area contributed by atoms with Crippen LogP contribution in [0.2, 0.25) is 0 Å². The van der Waals surface area contributed by atoms with E-state index in [1.807, 2.05) is 30.5 Å². The van der Waals surface area contributed by atoms with E-state index in [0.29, 0.717) is 18.0 Å². The molecule has 1 amide bonds. The Balaban J connectivity index is 1.85. The minimum Gasteiger partial charge on any atom is -0.361 e. The van der Waals surface area contributed by atoms with Crippen molar-refractivity contribution in [3.63, 3.8) is 0 Å². The van der Waals surface area contributed by atoms with E-state index in [2.05, 4.69) is 10.9 Å². The predicted molar refractivity (Wildman–Crippen MR) is 75.8 cm³/mol. The van der Waals surface area contributed by atoms with Crippen LogP contribution in [0.25, 0.3) is 10.9 Å². The van der Waals surface area contributed by atoms with Gasteiger partial charge in [0.1, 0.15) is 0 Å². The van der Waals surface area contributed by atoms with Gasteiger partial charge in [0.25, 0.3) is 5.91 Å². The lowest BCUT2D eigenvalue weighted by Gasteiger charge is -2.20. The van der Waals surface area contributed by atoms with Crippen molar-refractivity contribution in [2.45, 2.75) is 12.8 Å². The molecule has 3 heteroatoms. The van der Waals surface area contributed by atoms with Gasteiger partial charge in [-0.15, -0.1) is 6.42 Å². The average Bonchev–Trinajstić information content (AvgIpc) is 3.11. The van der Waals surface area contributed by atoms with Crippen molar-refractivity contribution in [1.29, 1.82) is 0 Å². The minimum atomic E-state index is 0.0290. The van der Waals surface area contributed by atoms with E-state index >= 15 is 0 Å². The first-order valence-corrected chi connectivity index (χ1v) is 6.58. The van der Waals surface area contributed by atoms with E-state index < -0.39 is 0 Å². The summed E-state index contributed by atoms with van der Waals surface area (Å²) in [4.78, 5) is 17.4. The monoisotopic (exact) mass is 252 g/mol. The number of nitrogens with zero attached hydrogens (tertiary/aromatic N) is 1. The lowest BCUT2D eigenvalue weighted by atomic mass is 10.1. The lowest BCUT2D eigenvalue weighted by molar-refractivity contribution is 0.0770. The van der Waals surface area contributed by atoms with Crippen LogP contribution in [-0.2, 0) is 0 Å². The Hall–Kier alpha value is -2.21. The SMILES string of the molecule is C#CCN(CC1CC1)C(=O)c1ccc2cc[nH]c2c1. The molecule has 1 fully saturated rings. The van der Waals surface area contributed by atoms with E-state index in [0.717, 1.165) is 17.4 Å². The standard InChI is InChI=1S/C16H16N2O/c1-2-9-18(11-12-3-4-12)16(19)14-6-5-13-7-8-17-15(13)10-14/h1,5-8,10,12,17H,3-4,9,11H2. The topological polar surface area (TPSA) is 36.1 Å². The molecular weight excluding hydrogens is 236 g/mol. The number of aromatic amines is 1. The fourth-order valence-corrected chi connectivity index (χ4v) is 2.31. The Labute approximate surface area is 112 Å². The van der Waals surface area contributed by atoms with Gasteiger partial charge in [-0.05, 0) is 42.3 Å². The van der Waals surface area contributed by atoms with Crippen molar-refractivity contribution < 1.29 is 4.79 Å². The number of fused-ring (bicyclic) bond motifs is 1. The second kappa shape index (κ2) is 4.81. The van der Waals surface area contributed by atoms with Gasteiger partial charge >= 0.3 is 0 Å². The summed E-state index contributed by atoms with van der Waals surface area (Å²) in [5.41, 5.74) is 1.68. The molecule has 1 aliphatic rings. The molecule has 1 aromatic carbocycles. The highest BCUT2D eigenvalue weighted by atomic mass is 16.2. The molecule has 1 aliphatic carbocycles. The molecule has 0 radical (unpaired) electrons. The zero-order chi connectivity index (χ0) is 13.2. The maximum absolute atomic E-state index is 12.5. The summed E-state index contributed by atoms with van der Waals surface area (Å²) in [6.07, 6.45) is 9.67. The number of carbonyl (C=O) groups excluding carboxylic acids is 1. The van der Waals surface area contributed by atoms with Crippen LogP contribution in [0.15, 0.2) is 30.5 Å². The van der Waals surface area contributed by atoms with Gasteiger partial charge in [-0.2, -0.15) is 0 Å².